The first kappa shape index (κ1) is 16.6. The minimum Gasteiger partial charge on any atom is -0.469 e. The molecule has 1 aromatic heterocycles. The Morgan fingerprint density at radius 3 is 2.75 bits per heavy atom. The Labute approximate surface area is 122 Å². The molecule has 0 aromatic carbocycles. The molecule has 1 aromatic rings. The van der Waals surface area contributed by atoms with Crippen LogP contribution in [0.15, 0.2) is 17.5 Å². The molecular weight excluding hydrogens is 280 g/mol. The van der Waals surface area contributed by atoms with Gasteiger partial charge in [0.15, 0.2) is 0 Å². The smallest absolute Gasteiger partial charge is 0.307 e. The fourth-order valence-corrected chi connectivity index (χ4v) is 2.39. The van der Waals surface area contributed by atoms with Crippen LogP contribution in [0.4, 0.5) is 0 Å². The summed E-state index contributed by atoms with van der Waals surface area (Å²) in [5.74, 6) is -0.682. The number of hydrogen-bond acceptors (Lipinski definition) is 6. The van der Waals surface area contributed by atoms with Crippen molar-refractivity contribution in [2.45, 2.75) is 24.9 Å². The van der Waals surface area contributed by atoms with E-state index in [0.29, 0.717) is 13.0 Å². The van der Waals surface area contributed by atoms with Crippen LogP contribution in [0, 0.1) is 0 Å². The van der Waals surface area contributed by atoms with E-state index in [9.17, 15) is 9.59 Å². The Morgan fingerprint density at radius 1 is 1.45 bits per heavy atom. The van der Waals surface area contributed by atoms with E-state index < -0.39 is 12.1 Å². The zero-order valence-electron chi connectivity index (χ0n) is 11.6. The first-order valence-corrected chi connectivity index (χ1v) is 7.11. The molecule has 7 heteroatoms. The molecule has 0 radical (unpaired) electrons. The van der Waals surface area contributed by atoms with Gasteiger partial charge in [-0.2, -0.15) is 0 Å². The van der Waals surface area contributed by atoms with Gasteiger partial charge in [-0.05, 0) is 17.9 Å². The number of ether oxygens (including phenoxy) is 2. The van der Waals surface area contributed by atoms with E-state index >= 15 is 0 Å². The summed E-state index contributed by atoms with van der Waals surface area (Å²) in [6, 6.07) is 2.65. The topological polar surface area (TPSA) is 90.6 Å². The first-order valence-electron chi connectivity index (χ1n) is 6.23. The molecule has 3 N–H and O–H groups in total. The largest absolute Gasteiger partial charge is 0.469 e. The summed E-state index contributed by atoms with van der Waals surface area (Å²) in [7, 11) is 2.87. The van der Waals surface area contributed by atoms with Crippen molar-refractivity contribution in [3.8, 4) is 0 Å². The van der Waals surface area contributed by atoms with Crippen molar-refractivity contribution in [2.24, 2.45) is 5.73 Å². The van der Waals surface area contributed by atoms with Crippen LogP contribution in [0.2, 0.25) is 0 Å². The Morgan fingerprint density at radius 2 is 2.20 bits per heavy atom. The maximum Gasteiger partial charge on any atom is 0.307 e. The molecule has 0 bridgehead atoms. The minimum atomic E-state index is -0.657. The summed E-state index contributed by atoms with van der Waals surface area (Å²) < 4.78 is 9.54. The molecule has 112 valence electrons. The van der Waals surface area contributed by atoms with Gasteiger partial charge in [0.25, 0.3) is 0 Å². The normalized spacial score (nSPS) is 13.6. The van der Waals surface area contributed by atoms with Gasteiger partial charge >= 0.3 is 5.97 Å². The van der Waals surface area contributed by atoms with Crippen molar-refractivity contribution >= 4 is 23.2 Å². The molecule has 2 unspecified atom stereocenters. The van der Waals surface area contributed by atoms with Crippen molar-refractivity contribution in [1.82, 2.24) is 5.32 Å². The predicted octanol–water partition coefficient (Wildman–Crippen LogP) is 0.832. The lowest BCUT2D eigenvalue weighted by atomic mass is 10.1. The standard InChI is InChI=1S/C13H20N2O4S/c1-18-6-5-9(14)13(17)15-10(8-12(16)19-2)11-4-3-7-20-11/h3-4,7,9-10H,5-6,8,14H2,1-2H3,(H,15,17). The highest BCUT2D eigenvalue weighted by Gasteiger charge is 2.22. The van der Waals surface area contributed by atoms with E-state index in [-0.39, 0.29) is 18.3 Å². The predicted molar refractivity (Wildman–Crippen MR) is 76.3 cm³/mol. The van der Waals surface area contributed by atoms with Crippen molar-refractivity contribution in [2.75, 3.05) is 20.8 Å². The molecule has 1 heterocycles. The van der Waals surface area contributed by atoms with Gasteiger partial charge in [-0.3, -0.25) is 9.59 Å². The van der Waals surface area contributed by atoms with Crippen molar-refractivity contribution in [1.29, 1.82) is 0 Å². The van der Waals surface area contributed by atoms with Gasteiger partial charge in [0.05, 0.1) is 25.6 Å². The second kappa shape index (κ2) is 8.68. The summed E-state index contributed by atoms with van der Waals surface area (Å²) in [4.78, 5) is 24.3. The van der Waals surface area contributed by atoms with Crippen LogP contribution in [0.25, 0.3) is 0 Å². The number of amides is 1. The molecular formula is C13H20N2O4S. The average Bonchev–Trinajstić information content (AvgIpc) is 2.97. The van der Waals surface area contributed by atoms with Gasteiger partial charge in [-0.25, -0.2) is 0 Å². The lowest BCUT2D eigenvalue weighted by molar-refractivity contribution is -0.141. The van der Waals surface area contributed by atoms with Crippen LogP contribution in [0.1, 0.15) is 23.8 Å². The molecule has 20 heavy (non-hydrogen) atoms. The lowest BCUT2D eigenvalue weighted by Crippen LogP contribution is -2.43. The SMILES string of the molecule is COCCC(N)C(=O)NC(CC(=O)OC)c1cccs1. The fraction of sp³-hybridized carbons (Fsp3) is 0.538. The number of nitrogens with two attached hydrogens (primary N) is 1. The number of carbonyl (C=O) groups excluding carboxylic acids is 2. The highest BCUT2D eigenvalue weighted by molar-refractivity contribution is 7.10. The maximum absolute atomic E-state index is 12.0. The monoisotopic (exact) mass is 300 g/mol. The number of thiophene rings is 1. The van der Waals surface area contributed by atoms with Crippen LogP contribution in [-0.4, -0.2) is 38.7 Å². The van der Waals surface area contributed by atoms with E-state index in [1.165, 1.54) is 18.4 Å². The zero-order valence-corrected chi connectivity index (χ0v) is 12.4. The number of hydrogen-bond donors (Lipinski definition) is 2. The summed E-state index contributed by atoms with van der Waals surface area (Å²) in [5.41, 5.74) is 5.76. The lowest BCUT2D eigenvalue weighted by Gasteiger charge is -2.19. The van der Waals surface area contributed by atoms with Crippen molar-refractivity contribution in [3.63, 3.8) is 0 Å². The summed E-state index contributed by atoms with van der Waals surface area (Å²) in [6.07, 6.45) is 0.511. The van der Waals surface area contributed by atoms with E-state index in [1.807, 2.05) is 17.5 Å². The van der Waals surface area contributed by atoms with Crippen molar-refractivity contribution in [3.05, 3.63) is 22.4 Å². The van der Waals surface area contributed by atoms with E-state index in [1.54, 1.807) is 7.11 Å². The van der Waals surface area contributed by atoms with Gasteiger partial charge in [-0.15, -0.1) is 11.3 Å². The minimum absolute atomic E-state index is 0.0831. The molecule has 0 fully saturated rings. The molecule has 2 atom stereocenters. The Balaban J connectivity index is 2.65. The van der Waals surface area contributed by atoms with Crippen LogP contribution in [-0.2, 0) is 19.1 Å². The van der Waals surface area contributed by atoms with Gasteiger partial charge in [-0.1, -0.05) is 6.07 Å². The molecule has 0 saturated carbocycles. The third-order valence-electron chi connectivity index (χ3n) is 2.77. The van der Waals surface area contributed by atoms with E-state index in [2.05, 4.69) is 10.1 Å². The highest BCUT2D eigenvalue weighted by Crippen LogP contribution is 2.22. The summed E-state index contributed by atoms with van der Waals surface area (Å²) >= 11 is 1.47. The van der Waals surface area contributed by atoms with E-state index in [0.717, 1.165) is 4.88 Å². The van der Waals surface area contributed by atoms with Crippen molar-refractivity contribution < 1.29 is 19.1 Å². The summed E-state index contributed by atoms with van der Waals surface area (Å²) in [5, 5.41) is 4.67. The third-order valence-corrected chi connectivity index (χ3v) is 3.76. The number of esters is 1. The summed E-state index contributed by atoms with van der Waals surface area (Å²) in [6.45, 7) is 0.412. The molecule has 1 amide bonds. The number of methoxy groups -OCH3 is 2. The van der Waals surface area contributed by atoms with Gasteiger partial charge in [0.1, 0.15) is 0 Å². The van der Waals surface area contributed by atoms with Gasteiger partial charge in [0.2, 0.25) is 5.91 Å². The number of carbonyl (C=O) groups is 2. The van der Waals surface area contributed by atoms with Crippen LogP contribution in [0.3, 0.4) is 0 Å². The molecule has 0 aliphatic heterocycles. The third kappa shape index (κ3) is 5.28. The number of nitrogens with one attached hydrogen (secondary N) is 1. The highest BCUT2D eigenvalue weighted by atomic mass is 32.1. The first-order chi connectivity index (χ1) is 9.58. The Bertz CT molecular complexity index is 422. The van der Waals surface area contributed by atoms with E-state index in [4.69, 9.17) is 10.5 Å². The fourth-order valence-electron chi connectivity index (χ4n) is 1.62. The van der Waals surface area contributed by atoms with Gasteiger partial charge < -0.3 is 20.5 Å². The average molecular weight is 300 g/mol. The second-order valence-corrected chi connectivity index (χ2v) is 5.22. The molecule has 1 rings (SSSR count). The van der Waals surface area contributed by atoms with Gasteiger partial charge in [0, 0.05) is 18.6 Å². The van der Waals surface area contributed by atoms with Crippen LogP contribution >= 0.6 is 11.3 Å². The Kier molecular flexibility index (Phi) is 7.21. The molecule has 0 saturated heterocycles. The van der Waals surface area contributed by atoms with Crippen LogP contribution < -0.4 is 11.1 Å². The Hall–Kier alpha value is -1.44. The number of rotatable bonds is 8. The maximum atomic E-state index is 12.0. The van der Waals surface area contributed by atoms with Crippen LogP contribution in [0.5, 0.6) is 0 Å². The second-order valence-electron chi connectivity index (χ2n) is 4.24. The molecule has 0 aliphatic rings. The quantitative estimate of drug-likeness (QED) is 0.694. The zero-order chi connectivity index (χ0) is 15.0. The molecule has 6 nitrogen and oxygen atoms in total. The molecule has 0 aliphatic carbocycles. The molecule has 0 spiro atoms.